The van der Waals surface area contributed by atoms with E-state index in [0.29, 0.717) is 6.42 Å². The molecule has 2 fully saturated rings. The van der Waals surface area contributed by atoms with Gasteiger partial charge in [0.1, 0.15) is 6.04 Å². The van der Waals surface area contributed by atoms with Crippen molar-refractivity contribution in [2.45, 2.75) is 56.5 Å². The van der Waals surface area contributed by atoms with Crippen LogP contribution in [0.1, 0.15) is 32.1 Å². The number of fused-ring (bicyclic) bond motifs is 1. The molecule has 2 rings (SSSR count). The number of carbonyl (C=O) groups excluding carboxylic acids is 1. The highest BCUT2D eigenvalue weighted by Crippen LogP contribution is 2.40. The number of nitrogens with zero attached hydrogens (tertiary/aromatic N) is 1. The Kier molecular flexibility index (Phi) is 4.59. The van der Waals surface area contributed by atoms with Crippen LogP contribution in [0, 0.1) is 5.92 Å². The summed E-state index contributed by atoms with van der Waals surface area (Å²) >= 11 is 0. The van der Waals surface area contributed by atoms with Crippen LogP contribution in [0.4, 0.5) is 13.2 Å². The smallest absolute Gasteiger partial charge is 0.415 e. The first-order valence-electron chi connectivity index (χ1n) is 6.93. The van der Waals surface area contributed by atoms with E-state index in [0.717, 1.165) is 25.7 Å². The second-order valence-electron chi connectivity index (χ2n) is 5.64. The van der Waals surface area contributed by atoms with E-state index in [1.807, 2.05) is 0 Å². The van der Waals surface area contributed by atoms with Crippen molar-refractivity contribution in [2.24, 2.45) is 5.92 Å². The molecule has 0 aromatic heterocycles. The number of ether oxygens (including phenoxy) is 1. The molecule has 7 heteroatoms. The number of aliphatic hydroxyl groups is 1. The number of β-amino-alcohol motifs (C(OH)–C–C–N with tert-alkyl or cyclic N) is 1. The maximum atomic E-state index is 12.5. The summed E-state index contributed by atoms with van der Waals surface area (Å²) in [5.74, 6) is -0.276. The quantitative estimate of drug-likeness (QED) is 0.805. The second kappa shape index (κ2) is 5.89. The molecule has 0 bridgehead atoms. The van der Waals surface area contributed by atoms with Crippen LogP contribution in [-0.2, 0) is 9.53 Å². The summed E-state index contributed by atoms with van der Waals surface area (Å²) < 4.78 is 42.3. The van der Waals surface area contributed by atoms with Crippen LogP contribution in [0.2, 0.25) is 0 Å². The van der Waals surface area contributed by atoms with Crippen LogP contribution in [0.5, 0.6) is 0 Å². The van der Waals surface area contributed by atoms with E-state index in [4.69, 9.17) is 4.74 Å². The Bertz CT molecular complexity index is 361. The van der Waals surface area contributed by atoms with E-state index in [2.05, 4.69) is 0 Å². The third-order valence-electron chi connectivity index (χ3n) is 4.46. The topological polar surface area (TPSA) is 49.8 Å². The van der Waals surface area contributed by atoms with Crippen molar-refractivity contribution in [1.29, 1.82) is 0 Å². The Labute approximate surface area is 115 Å². The summed E-state index contributed by atoms with van der Waals surface area (Å²) in [4.78, 5) is 13.3. The number of halogens is 3. The molecule has 0 unspecified atom stereocenters. The molecule has 2 aliphatic rings. The van der Waals surface area contributed by atoms with Crippen LogP contribution in [0.15, 0.2) is 0 Å². The van der Waals surface area contributed by atoms with Crippen molar-refractivity contribution in [2.75, 3.05) is 13.7 Å². The monoisotopic (exact) mass is 295 g/mol. The highest BCUT2D eigenvalue weighted by Gasteiger charge is 2.49. The maximum absolute atomic E-state index is 12.5. The lowest BCUT2D eigenvalue weighted by atomic mass is 9.84. The van der Waals surface area contributed by atoms with E-state index in [1.165, 1.54) is 12.0 Å². The first-order valence-corrected chi connectivity index (χ1v) is 6.93. The molecule has 116 valence electrons. The van der Waals surface area contributed by atoms with Crippen LogP contribution in [0.25, 0.3) is 0 Å². The Morgan fingerprint density at radius 2 is 2.05 bits per heavy atom. The van der Waals surface area contributed by atoms with Crippen molar-refractivity contribution in [3.63, 3.8) is 0 Å². The highest BCUT2D eigenvalue weighted by atomic mass is 19.4. The summed E-state index contributed by atoms with van der Waals surface area (Å²) in [5.41, 5.74) is 0. The van der Waals surface area contributed by atoms with Gasteiger partial charge in [-0.25, -0.2) is 0 Å². The lowest BCUT2D eigenvalue weighted by molar-refractivity contribution is -0.211. The predicted octanol–water partition coefficient (Wildman–Crippen LogP) is 1.72. The molecule has 1 aliphatic heterocycles. The lowest BCUT2D eigenvalue weighted by Crippen LogP contribution is -2.49. The molecule has 1 saturated carbocycles. The number of hydrogen-bond donors (Lipinski definition) is 1. The van der Waals surface area contributed by atoms with E-state index in [-0.39, 0.29) is 12.0 Å². The zero-order valence-electron chi connectivity index (χ0n) is 11.4. The lowest BCUT2D eigenvalue weighted by Gasteiger charge is -2.34. The zero-order valence-corrected chi connectivity index (χ0v) is 11.4. The first kappa shape index (κ1) is 15.6. The van der Waals surface area contributed by atoms with E-state index in [9.17, 15) is 23.1 Å². The zero-order chi connectivity index (χ0) is 14.9. The minimum Gasteiger partial charge on any atom is -0.468 e. The van der Waals surface area contributed by atoms with Gasteiger partial charge in [-0.2, -0.15) is 13.2 Å². The summed E-state index contributed by atoms with van der Waals surface area (Å²) in [6.45, 7) is -0.551. The maximum Gasteiger partial charge on any atom is 0.415 e. The molecule has 1 heterocycles. The molecule has 1 aliphatic carbocycles. The third-order valence-corrected chi connectivity index (χ3v) is 4.46. The van der Waals surface area contributed by atoms with Crippen LogP contribution < -0.4 is 0 Å². The van der Waals surface area contributed by atoms with Gasteiger partial charge in [-0.15, -0.1) is 0 Å². The van der Waals surface area contributed by atoms with Gasteiger partial charge < -0.3 is 9.84 Å². The molecule has 0 aromatic carbocycles. The van der Waals surface area contributed by atoms with Gasteiger partial charge in [0.05, 0.1) is 7.11 Å². The molecule has 0 radical (unpaired) electrons. The fourth-order valence-electron chi connectivity index (χ4n) is 3.49. The van der Waals surface area contributed by atoms with Crippen LogP contribution in [0.3, 0.4) is 0 Å². The average Bonchev–Trinajstić information content (AvgIpc) is 2.76. The number of alkyl halides is 3. The van der Waals surface area contributed by atoms with Crippen LogP contribution in [-0.4, -0.2) is 54.0 Å². The van der Waals surface area contributed by atoms with Gasteiger partial charge in [0.25, 0.3) is 0 Å². The summed E-state index contributed by atoms with van der Waals surface area (Å²) in [6, 6.07) is -0.713. The molecule has 4 nitrogen and oxygen atoms in total. The summed E-state index contributed by atoms with van der Waals surface area (Å²) in [5, 5.41) is 9.29. The number of carbonyl (C=O) groups is 1. The van der Waals surface area contributed by atoms with Gasteiger partial charge in [-0.05, 0) is 25.2 Å². The Morgan fingerprint density at radius 3 is 2.65 bits per heavy atom. The Balaban J connectivity index is 2.13. The first-order chi connectivity index (χ1) is 9.34. The number of aliphatic hydroxyl groups excluding tert-OH is 1. The largest absolute Gasteiger partial charge is 0.468 e. The molecule has 0 aromatic rings. The van der Waals surface area contributed by atoms with Gasteiger partial charge in [0.2, 0.25) is 0 Å². The second-order valence-corrected chi connectivity index (χ2v) is 5.64. The van der Waals surface area contributed by atoms with Crippen molar-refractivity contribution >= 4 is 5.97 Å². The van der Waals surface area contributed by atoms with Crippen molar-refractivity contribution in [3.8, 4) is 0 Å². The summed E-state index contributed by atoms with van der Waals surface area (Å²) in [6.07, 6.45) is -2.84. The molecule has 1 saturated heterocycles. The average molecular weight is 295 g/mol. The van der Waals surface area contributed by atoms with E-state index < -0.39 is 30.8 Å². The van der Waals surface area contributed by atoms with Gasteiger partial charge in [-0.3, -0.25) is 9.69 Å². The van der Waals surface area contributed by atoms with E-state index in [1.54, 1.807) is 0 Å². The van der Waals surface area contributed by atoms with Gasteiger partial charge in [-0.1, -0.05) is 12.8 Å². The van der Waals surface area contributed by atoms with Crippen molar-refractivity contribution in [3.05, 3.63) is 0 Å². The number of rotatable bonds is 3. The van der Waals surface area contributed by atoms with Crippen LogP contribution >= 0.6 is 0 Å². The molecule has 0 spiro atoms. The fraction of sp³-hybridized carbons (Fsp3) is 0.923. The summed E-state index contributed by atoms with van der Waals surface area (Å²) in [7, 11) is 1.24. The number of likely N-dealkylation sites (tertiary alicyclic amines) is 1. The molecule has 1 N–H and O–H groups in total. The number of methoxy groups -OCH3 is 1. The highest BCUT2D eigenvalue weighted by molar-refractivity contribution is 5.76. The number of hydrogen-bond acceptors (Lipinski definition) is 4. The number of esters is 1. The normalized spacial score (nSPS) is 32.8. The SMILES string of the molecule is COC(=O)[C@@H]1C[C@@H]2CCCC[C@@H]2N1C[C@@H](O)C(F)(F)F. The minimum atomic E-state index is -4.66. The van der Waals surface area contributed by atoms with Crippen molar-refractivity contribution < 1.29 is 27.8 Å². The minimum absolute atomic E-state index is 0.0511. The molecular weight excluding hydrogens is 275 g/mol. The standard InChI is InChI=1S/C13H20F3NO3/c1-20-12(19)10-6-8-4-2-3-5-9(8)17(10)7-11(18)13(14,15)16/h8-11,18H,2-7H2,1H3/t8-,9-,10-,11+/m0/s1. The van der Waals surface area contributed by atoms with Crippen molar-refractivity contribution in [1.82, 2.24) is 4.90 Å². The third kappa shape index (κ3) is 3.09. The van der Waals surface area contributed by atoms with E-state index >= 15 is 0 Å². The molecular formula is C13H20F3NO3. The molecule has 0 amide bonds. The Morgan fingerprint density at radius 1 is 1.40 bits per heavy atom. The fourth-order valence-corrected chi connectivity index (χ4v) is 3.49. The molecule has 4 atom stereocenters. The molecule has 20 heavy (non-hydrogen) atoms. The van der Waals surface area contributed by atoms with Gasteiger partial charge in [0, 0.05) is 12.6 Å². The predicted molar refractivity (Wildman–Crippen MR) is 64.9 cm³/mol. The van der Waals surface area contributed by atoms with Gasteiger partial charge in [0.15, 0.2) is 6.10 Å². The van der Waals surface area contributed by atoms with Gasteiger partial charge >= 0.3 is 12.1 Å². The Hall–Kier alpha value is -0.820.